The van der Waals surface area contributed by atoms with Crippen LogP contribution in [0.1, 0.15) is 5.56 Å². The Balaban J connectivity index is 2.64. The van der Waals surface area contributed by atoms with E-state index in [1.54, 1.807) is 0 Å². The molecular weight excluding hydrogens is 229 g/mol. The molecule has 0 bridgehead atoms. The third kappa shape index (κ3) is 2.38. The second kappa shape index (κ2) is 4.08. The molecule has 0 saturated heterocycles. The van der Waals surface area contributed by atoms with Crippen LogP contribution < -0.4 is 5.73 Å². The Bertz CT molecular complexity index is 521. The molecule has 2 N–H and O–H groups in total. The van der Waals surface area contributed by atoms with Crippen LogP contribution in [0.5, 0.6) is 0 Å². The standard InChI is InChI=1S/C12H9F3N2/c13-12(14,15)11-2-1-9(16)7-10(11)8-3-5-17-6-4-8/h1-7H,16H2. The molecule has 1 aromatic carbocycles. The van der Waals surface area contributed by atoms with E-state index < -0.39 is 11.7 Å². The lowest BCUT2D eigenvalue weighted by atomic mass is 9.99. The Morgan fingerprint density at radius 3 is 2.24 bits per heavy atom. The number of anilines is 1. The molecule has 0 unspecified atom stereocenters. The summed E-state index contributed by atoms with van der Waals surface area (Å²) in [6.07, 6.45) is -1.51. The Kier molecular flexibility index (Phi) is 2.75. The van der Waals surface area contributed by atoms with Crippen molar-refractivity contribution in [3.63, 3.8) is 0 Å². The molecule has 0 aliphatic carbocycles. The summed E-state index contributed by atoms with van der Waals surface area (Å²) in [6, 6.07) is 6.59. The summed E-state index contributed by atoms with van der Waals surface area (Å²) in [7, 11) is 0. The fourth-order valence-corrected chi connectivity index (χ4v) is 1.58. The van der Waals surface area contributed by atoms with Crippen molar-refractivity contribution in [2.24, 2.45) is 0 Å². The van der Waals surface area contributed by atoms with E-state index in [0.29, 0.717) is 11.3 Å². The molecular formula is C12H9F3N2. The van der Waals surface area contributed by atoms with Crippen LogP contribution in [0.15, 0.2) is 42.7 Å². The fourth-order valence-electron chi connectivity index (χ4n) is 1.58. The number of alkyl halides is 3. The van der Waals surface area contributed by atoms with E-state index in [-0.39, 0.29) is 5.56 Å². The van der Waals surface area contributed by atoms with Crippen LogP contribution in [-0.2, 0) is 6.18 Å². The molecule has 88 valence electrons. The molecule has 0 aliphatic heterocycles. The van der Waals surface area contributed by atoms with Crippen LogP contribution in [0.2, 0.25) is 0 Å². The van der Waals surface area contributed by atoms with E-state index in [2.05, 4.69) is 4.98 Å². The van der Waals surface area contributed by atoms with Gasteiger partial charge in [0.15, 0.2) is 0 Å². The zero-order valence-electron chi connectivity index (χ0n) is 8.70. The first-order valence-electron chi connectivity index (χ1n) is 4.85. The normalized spacial score (nSPS) is 11.5. The highest BCUT2D eigenvalue weighted by Gasteiger charge is 2.33. The van der Waals surface area contributed by atoms with Crippen molar-refractivity contribution >= 4 is 5.69 Å². The van der Waals surface area contributed by atoms with Gasteiger partial charge in [0.25, 0.3) is 0 Å². The first-order valence-corrected chi connectivity index (χ1v) is 4.85. The van der Waals surface area contributed by atoms with Crippen molar-refractivity contribution in [1.29, 1.82) is 0 Å². The van der Waals surface area contributed by atoms with Crippen molar-refractivity contribution in [1.82, 2.24) is 4.98 Å². The summed E-state index contributed by atoms with van der Waals surface area (Å²) in [6.45, 7) is 0. The molecule has 2 nitrogen and oxygen atoms in total. The number of pyridine rings is 1. The number of benzene rings is 1. The topological polar surface area (TPSA) is 38.9 Å². The zero-order valence-corrected chi connectivity index (χ0v) is 8.70. The minimum absolute atomic E-state index is 0.0694. The van der Waals surface area contributed by atoms with Gasteiger partial charge in [-0.3, -0.25) is 4.98 Å². The minimum atomic E-state index is -4.40. The number of nitrogens with zero attached hydrogens (tertiary/aromatic N) is 1. The van der Waals surface area contributed by atoms with E-state index in [9.17, 15) is 13.2 Å². The Morgan fingerprint density at radius 2 is 1.65 bits per heavy atom. The highest BCUT2D eigenvalue weighted by molar-refractivity contribution is 5.71. The molecule has 1 aromatic heterocycles. The number of hydrogen-bond acceptors (Lipinski definition) is 2. The lowest BCUT2D eigenvalue weighted by Crippen LogP contribution is -2.07. The third-order valence-corrected chi connectivity index (χ3v) is 2.34. The van der Waals surface area contributed by atoms with Crippen molar-refractivity contribution in [2.75, 3.05) is 5.73 Å². The predicted octanol–water partition coefficient (Wildman–Crippen LogP) is 3.35. The van der Waals surface area contributed by atoms with Gasteiger partial charge in [-0.05, 0) is 41.5 Å². The maximum absolute atomic E-state index is 12.8. The summed E-state index contributed by atoms with van der Waals surface area (Å²) >= 11 is 0. The summed E-state index contributed by atoms with van der Waals surface area (Å²) in [5.41, 5.74) is 5.64. The molecule has 0 amide bonds. The van der Waals surface area contributed by atoms with E-state index in [4.69, 9.17) is 5.73 Å². The van der Waals surface area contributed by atoms with E-state index >= 15 is 0 Å². The van der Waals surface area contributed by atoms with Crippen LogP contribution in [0.25, 0.3) is 11.1 Å². The summed E-state index contributed by atoms with van der Waals surface area (Å²) in [5, 5.41) is 0. The smallest absolute Gasteiger partial charge is 0.399 e. The van der Waals surface area contributed by atoms with Gasteiger partial charge in [-0.2, -0.15) is 13.2 Å². The van der Waals surface area contributed by atoms with Gasteiger partial charge in [0.2, 0.25) is 0 Å². The molecule has 5 heteroatoms. The largest absolute Gasteiger partial charge is 0.417 e. The van der Waals surface area contributed by atoms with Crippen LogP contribution in [0, 0.1) is 0 Å². The molecule has 0 radical (unpaired) electrons. The highest BCUT2D eigenvalue weighted by Crippen LogP contribution is 2.37. The fraction of sp³-hybridized carbons (Fsp3) is 0.0833. The van der Waals surface area contributed by atoms with Gasteiger partial charge < -0.3 is 5.73 Å². The van der Waals surface area contributed by atoms with Gasteiger partial charge in [-0.15, -0.1) is 0 Å². The summed E-state index contributed by atoms with van der Waals surface area (Å²) < 4.78 is 38.4. The van der Waals surface area contributed by atoms with Crippen LogP contribution >= 0.6 is 0 Å². The van der Waals surface area contributed by atoms with Crippen molar-refractivity contribution in [3.8, 4) is 11.1 Å². The number of rotatable bonds is 1. The van der Waals surface area contributed by atoms with Crippen LogP contribution in [0.4, 0.5) is 18.9 Å². The molecule has 0 atom stereocenters. The Morgan fingerprint density at radius 1 is 1.00 bits per heavy atom. The van der Waals surface area contributed by atoms with Crippen LogP contribution in [-0.4, -0.2) is 4.98 Å². The first kappa shape index (κ1) is 11.4. The SMILES string of the molecule is Nc1ccc(C(F)(F)F)c(-c2ccncc2)c1. The zero-order chi connectivity index (χ0) is 12.5. The third-order valence-electron chi connectivity index (χ3n) is 2.34. The molecule has 0 aliphatic rings. The highest BCUT2D eigenvalue weighted by atomic mass is 19.4. The average molecular weight is 238 g/mol. The Hall–Kier alpha value is -2.04. The number of aromatic nitrogens is 1. The molecule has 0 spiro atoms. The van der Waals surface area contributed by atoms with E-state index in [0.717, 1.165) is 6.07 Å². The van der Waals surface area contributed by atoms with Gasteiger partial charge in [-0.1, -0.05) is 0 Å². The molecule has 1 heterocycles. The minimum Gasteiger partial charge on any atom is -0.399 e. The van der Waals surface area contributed by atoms with Gasteiger partial charge in [0, 0.05) is 18.1 Å². The number of halogens is 3. The Labute approximate surface area is 95.9 Å². The monoisotopic (exact) mass is 238 g/mol. The molecule has 17 heavy (non-hydrogen) atoms. The molecule has 2 aromatic rings. The van der Waals surface area contributed by atoms with Crippen LogP contribution in [0.3, 0.4) is 0 Å². The average Bonchev–Trinajstić information content (AvgIpc) is 2.28. The van der Waals surface area contributed by atoms with Gasteiger partial charge in [0.05, 0.1) is 5.56 Å². The maximum Gasteiger partial charge on any atom is 0.417 e. The van der Waals surface area contributed by atoms with Gasteiger partial charge in [-0.25, -0.2) is 0 Å². The van der Waals surface area contributed by atoms with Gasteiger partial charge >= 0.3 is 6.18 Å². The molecule has 0 fully saturated rings. The first-order chi connectivity index (χ1) is 7.98. The van der Waals surface area contributed by atoms with Crippen molar-refractivity contribution < 1.29 is 13.2 Å². The molecule has 2 rings (SSSR count). The summed E-state index contributed by atoms with van der Waals surface area (Å²) in [5.74, 6) is 0. The molecule has 0 saturated carbocycles. The van der Waals surface area contributed by atoms with Gasteiger partial charge in [0.1, 0.15) is 0 Å². The quantitative estimate of drug-likeness (QED) is 0.774. The second-order valence-electron chi connectivity index (χ2n) is 3.54. The second-order valence-corrected chi connectivity index (χ2v) is 3.54. The summed E-state index contributed by atoms with van der Waals surface area (Å²) in [4.78, 5) is 3.77. The lowest BCUT2D eigenvalue weighted by Gasteiger charge is -2.13. The number of hydrogen-bond donors (Lipinski definition) is 1. The van der Waals surface area contributed by atoms with E-state index in [1.165, 1.54) is 36.7 Å². The predicted molar refractivity (Wildman–Crippen MR) is 59.1 cm³/mol. The maximum atomic E-state index is 12.8. The van der Waals surface area contributed by atoms with Crippen molar-refractivity contribution in [3.05, 3.63) is 48.3 Å². The number of nitrogen functional groups attached to an aromatic ring is 1. The lowest BCUT2D eigenvalue weighted by molar-refractivity contribution is -0.137. The number of nitrogens with two attached hydrogens (primary N) is 1. The van der Waals surface area contributed by atoms with Crippen molar-refractivity contribution in [2.45, 2.75) is 6.18 Å². The van der Waals surface area contributed by atoms with E-state index in [1.807, 2.05) is 0 Å².